The number of nitrogens with one attached hydrogen (secondary N) is 1. The van der Waals surface area contributed by atoms with E-state index in [4.69, 9.17) is 5.11 Å². The van der Waals surface area contributed by atoms with E-state index in [1.54, 1.807) is 0 Å². The van der Waals surface area contributed by atoms with Crippen LogP contribution in [0.25, 0.3) is 0 Å². The van der Waals surface area contributed by atoms with Gasteiger partial charge < -0.3 is 15.5 Å². The second-order valence-corrected chi connectivity index (χ2v) is 4.72. The molecule has 16 heavy (non-hydrogen) atoms. The van der Waals surface area contributed by atoms with E-state index in [9.17, 15) is 9.90 Å². The highest BCUT2D eigenvalue weighted by Gasteiger charge is 2.20. The molecule has 1 amide bonds. The summed E-state index contributed by atoms with van der Waals surface area (Å²) in [6.07, 6.45) is 6.99. The zero-order chi connectivity index (χ0) is 12.0. The normalized spacial score (nSPS) is 19.8. The van der Waals surface area contributed by atoms with Crippen LogP contribution in [-0.4, -0.2) is 34.9 Å². The summed E-state index contributed by atoms with van der Waals surface area (Å²) in [6.45, 7) is 1.23. The summed E-state index contributed by atoms with van der Waals surface area (Å²) in [6, 6.07) is 0. The Labute approximate surface area is 96.4 Å². The Morgan fingerprint density at radius 2 is 2.31 bits per heavy atom. The van der Waals surface area contributed by atoms with Gasteiger partial charge in [-0.2, -0.15) is 0 Å². The average Bonchev–Trinajstić information content (AvgIpc) is 2.28. The summed E-state index contributed by atoms with van der Waals surface area (Å²) in [5.41, 5.74) is -0.0382. The number of aliphatic hydroxyl groups is 2. The molecule has 3 N–H and O–H groups in total. The molecule has 0 aromatic heterocycles. The van der Waals surface area contributed by atoms with Crippen LogP contribution in [0.2, 0.25) is 0 Å². The Kier molecular flexibility index (Phi) is 4.96. The molecule has 0 spiro atoms. The first kappa shape index (κ1) is 13.2. The first-order chi connectivity index (χ1) is 7.53. The van der Waals surface area contributed by atoms with Crippen molar-refractivity contribution in [2.45, 2.75) is 44.6 Å². The zero-order valence-electron chi connectivity index (χ0n) is 9.83. The third-order valence-corrected chi connectivity index (χ3v) is 2.78. The van der Waals surface area contributed by atoms with E-state index in [1.807, 2.05) is 0 Å². The molecule has 1 unspecified atom stereocenters. The largest absolute Gasteiger partial charge is 0.393 e. The summed E-state index contributed by atoms with van der Waals surface area (Å²) in [7, 11) is 0. The van der Waals surface area contributed by atoms with Gasteiger partial charge in [-0.25, -0.2) is 0 Å². The van der Waals surface area contributed by atoms with Crippen LogP contribution in [-0.2, 0) is 4.79 Å². The zero-order valence-corrected chi connectivity index (χ0v) is 9.83. The van der Waals surface area contributed by atoms with Gasteiger partial charge in [0.1, 0.15) is 5.60 Å². The monoisotopic (exact) mass is 227 g/mol. The number of aliphatic hydroxyl groups excluding tert-OH is 1. The third-order valence-electron chi connectivity index (χ3n) is 2.78. The minimum atomic E-state index is -1.23. The fourth-order valence-electron chi connectivity index (χ4n) is 1.68. The fourth-order valence-corrected chi connectivity index (χ4v) is 1.68. The van der Waals surface area contributed by atoms with Crippen molar-refractivity contribution in [1.29, 1.82) is 0 Å². The lowest BCUT2D eigenvalue weighted by molar-refractivity contribution is -0.122. The van der Waals surface area contributed by atoms with E-state index in [-0.39, 0.29) is 19.1 Å². The number of amides is 1. The molecule has 1 atom stereocenters. The summed E-state index contributed by atoms with van der Waals surface area (Å²) < 4.78 is 0. The van der Waals surface area contributed by atoms with Crippen molar-refractivity contribution in [2.75, 3.05) is 13.2 Å². The Morgan fingerprint density at radius 3 is 2.88 bits per heavy atom. The second-order valence-electron chi connectivity index (χ2n) is 4.72. The van der Waals surface area contributed by atoms with Gasteiger partial charge in [0.25, 0.3) is 0 Å². The molecule has 1 aliphatic carbocycles. The SMILES string of the molecule is CC(O)(CO)CNC(=O)CC1=CCCCC1. The number of hydrogen-bond donors (Lipinski definition) is 3. The smallest absolute Gasteiger partial charge is 0.224 e. The van der Waals surface area contributed by atoms with Crippen LogP contribution in [0.4, 0.5) is 0 Å². The third kappa shape index (κ3) is 4.77. The van der Waals surface area contributed by atoms with E-state index >= 15 is 0 Å². The fraction of sp³-hybridized carbons (Fsp3) is 0.750. The van der Waals surface area contributed by atoms with Gasteiger partial charge in [0, 0.05) is 13.0 Å². The predicted molar refractivity (Wildman–Crippen MR) is 61.9 cm³/mol. The van der Waals surface area contributed by atoms with Crippen LogP contribution in [0, 0.1) is 0 Å². The van der Waals surface area contributed by atoms with Gasteiger partial charge in [-0.3, -0.25) is 4.79 Å². The summed E-state index contributed by atoms with van der Waals surface area (Å²) >= 11 is 0. The van der Waals surface area contributed by atoms with Gasteiger partial charge in [0.05, 0.1) is 6.61 Å². The molecule has 0 saturated carbocycles. The standard InChI is InChI=1S/C12H21NO3/c1-12(16,9-14)8-13-11(15)7-10-5-3-2-4-6-10/h5,14,16H,2-4,6-9H2,1H3,(H,13,15). The molecule has 0 heterocycles. The molecule has 0 aromatic rings. The van der Waals surface area contributed by atoms with Gasteiger partial charge in [-0.1, -0.05) is 11.6 Å². The van der Waals surface area contributed by atoms with E-state index < -0.39 is 5.60 Å². The highest BCUT2D eigenvalue weighted by molar-refractivity contribution is 5.78. The summed E-state index contributed by atoms with van der Waals surface area (Å²) in [5, 5.41) is 20.9. The van der Waals surface area contributed by atoms with Crippen molar-refractivity contribution >= 4 is 5.91 Å². The molecular weight excluding hydrogens is 206 g/mol. The maximum absolute atomic E-state index is 11.5. The average molecular weight is 227 g/mol. The highest BCUT2D eigenvalue weighted by Crippen LogP contribution is 2.19. The lowest BCUT2D eigenvalue weighted by atomic mass is 9.97. The Bertz CT molecular complexity index is 271. The molecule has 4 nitrogen and oxygen atoms in total. The number of carbonyl (C=O) groups excluding carboxylic acids is 1. The molecule has 0 saturated heterocycles. The van der Waals surface area contributed by atoms with E-state index in [0.717, 1.165) is 19.3 Å². The van der Waals surface area contributed by atoms with E-state index in [2.05, 4.69) is 11.4 Å². The maximum Gasteiger partial charge on any atom is 0.224 e. The van der Waals surface area contributed by atoms with Gasteiger partial charge >= 0.3 is 0 Å². The van der Waals surface area contributed by atoms with Crippen molar-refractivity contribution in [3.8, 4) is 0 Å². The topological polar surface area (TPSA) is 69.6 Å². The number of hydrogen-bond acceptors (Lipinski definition) is 3. The van der Waals surface area contributed by atoms with Gasteiger partial charge in [-0.15, -0.1) is 0 Å². The summed E-state index contributed by atoms with van der Waals surface area (Å²) in [5.74, 6) is -0.0816. The molecule has 1 aliphatic rings. The molecule has 0 aromatic carbocycles. The molecule has 0 radical (unpaired) electrons. The Hall–Kier alpha value is -0.870. The van der Waals surface area contributed by atoms with E-state index in [1.165, 1.54) is 18.9 Å². The first-order valence-electron chi connectivity index (χ1n) is 5.81. The van der Waals surface area contributed by atoms with Crippen molar-refractivity contribution in [1.82, 2.24) is 5.32 Å². The molecule has 0 fully saturated rings. The molecule has 92 valence electrons. The number of rotatable bonds is 5. The second kappa shape index (κ2) is 6.01. The number of carbonyl (C=O) groups is 1. The van der Waals surface area contributed by atoms with Crippen molar-refractivity contribution in [3.63, 3.8) is 0 Å². The van der Waals surface area contributed by atoms with Gasteiger partial charge in [-0.05, 0) is 32.6 Å². The van der Waals surface area contributed by atoms with Crippen LogP contribution in [0.1, 0.15) is 39.0 Å². The quantitative estimate of drug-likeness (QED) is 0.607. The van der Waals surface area contributed by atoms with Crippen LogP contribution in [0.5, 0.6) is 0 Å². The van der Waals surface area contributed by atoms with Crippen LogP contribution in [0.15, 0.2) is 11.6 Å². The molecule has 0 bridgehead atoms. The lowest BCUT2D eigenvalue weighted by Crippen LogP contribution is -2.43. The van der Waals surface area contributed by atoms with Crippen LogP contribution in [0.3, 0.4) is 0 Å². The van der Waals surface area contributed by atoms with Crippen LogP contribution < -0.4 is 5.32 Å². The molecular formula is C12H21NO3. The first-order valence-corrected chi connectivity index (χ1v) is 5.81. The Morgan fingerprint density at radius 1 is 1.56 bits per heavy atom. The van der Waals surface area contributed by atoms with Crippen molar-refractivity contribution in [3.05, 3.63) is 11.6 Å². The minimum Gasteiger partial charge on any atom is -0.393 e. The predicted octanol–water partition coefficient (Wildman–Crippen LogP) is 0.736. The number of allylic oxidation sites excluding steroid dienone is 1. The van der Waals surface area contributed by atoms with Gasteiger partial charge in [0.15, 0.2) is 0 Å². The molecule has 0 aliphatic heterocycles. The van der Waals surface area contributed by atoms with Crippen LogP contribution >= 0.6 is 0 Å². The Balaban J connectivity index is 2.28. The highest BCUT2D eigenvalue weighted by atomic mass is 16.3. The maximum atomic E-state index is 11.5. The van der Waals surface area contributed by atoms with Crippen molar-refractivity contribution < 1.29 is 15.0 Å². The molecule has 1 rings (SSSR count). The van der Waals surface area contributed by atoms with E-state index in [0.29, 0.717) is 6.42 Å². The summed E-state index contributed by atoms with van der Waals surface area (Å²) in [4.78, 5) is 11.5. The molecule has 4 heteroatoms. The minimum absolute atomic E-state index is 0.0816. The lowest BCUT2D eigenvalue weighted by Gasteiger charge is -2.21. The van der Waals surface area contributed by atoms with Gasteiger partial charge in [0.2, 0.25) is 5.91 Å². The van der Waals surface area contributed by atoms with Crippen molar-refractivity contribution in [2.24, 2.45) is 0 Å².